The average molecular weight is 224 g/mol. The van der Waals surface area contributed by atoms with Crippen molar-refractivity contribution in [1.29, 1.82) is 0 Å². The molecule has 0 saturated heterocycles. The summed E-state index contributed by atoms with van der Waals surface area (Å²) in [6.07, 6.45) is 1.67. The van der Waals surface area contributed by atoms with Crippen LogP contribution in [0.15, 0.2) is 12.3 Å². The topological polar surface area (TPSA) is 72.9 Å². The highest BCUT2D eigenvalue weighted by Crippen LogP contribution is 2.14. The van der Waals surface area contributed by atoms with Crippen LogP contribution < -0.4 is 11.1 Å². The van der Waals surface area contributed by atoms with Gasteiger partial charge in [-0.2, -0.15) is 5.10 Å². The van der Waals surface area contributed by atoms with Gasteiger partial charge in [0.05, 0.1) is 12.1 Å². The van der Waals surface area contributed by atoms with Crippen LogP contribution in [0.3, 0.4) is 0 Å². The molecule has 1 aromatic heterocycles. The fourth-order valence-corrected chi connectivity index (χ4v) is 1.30. The second-order valence-corrected chi connectivity index (χ2v) is 4.39. The molecule has 90 valence electrons. The van der Waals surface area contributed by atoms with E-state index in [-0.39, 0.29) is 23.9 Å². The van der Waals surface area contributed by atoms with Gasteiger partial charge >= 0.3 is 0 Å². The summed E-state index contributed by atoms with van der Waals surface area (Å²) in [4.78, 5) is 11.8. The summed E-state index contributed by atoms with van der Waals surface area (Å²) in [5.74, 6) is 0.431. The highest BCUT2D eigenvalue weighted by molar-refractivity contribution is 5.91. The first-order valence-electron chi connectivity index (χ1n) is 5.53. The van der Waals surface area contributed by atoms with Gasteiger partial charge in [-0.1, -0.05) is 6.92 Å². The maximum Gasteiger partial charge on any atom is 0.229 e. The molecule has 0 aromatic carbocycles. The van der Waals surface area contributed by atoms with Gasteiger partial charge in [-0.15, -0.1) is 0 Å². The standard InChI is InChI=1S/C11H20N4O/c1-7(2)15-10(5-6-13-15)14-11(16)8(3)9(4)12/h5-9H,12H2,1-4H3,(H,14,16). The minimum absolute atomic E-state index is 0.0719. The molecule has 2 unspecified atom stereocenters. The molecule has 0 bridgehead atoms. The first-order valence-corrected chi connectivity index (χ1v) is 5.53. The number of hydrogen-bond acceptors (Lipinski definition) is 3. The first kappa shape index (κ1) is 12.7. The second-order valence-electron chi connectivity index (χ2n) is 4.39. The molecule has 1 aromatic rings. The Morgan fingerprint density at radius 3 is 2.56 bits per heavy atom. The molecule has 1 amide bonds. The number of nitrogens with zero attached hydrogens (tertiary/aromatic N) is 2. The number of rotatable bonds is 4. The quantitative estimate of drug-likeness (QED) is 0.811. The van der Waals surface area contributed by atoms with Gasteiger partial charge in [-0.05, 0) is 20.8 Å². The molecule has 0 spiro atoms. The Hall–Kier alpha value is -1.36. The maximum absolute atomic E-state index is 11.8. The molecular formula is C11H20N4O. The Bertz CT molecular complexity index is 357. The summed E-state index contributed by atoms with van der Waals surface area (Å²) in [6, 6.07) is 1.84. The van der Waals surface area contributed by atoms with E-state index in [1.807, 2.05) is 27.7 Å². The largest absolute Gasteiger partial charge is 0.327 e. The highest BCUT2D eigenvalue weighted by Gasteiger charge is 2.18. The normalized spacial score (nSPS) is 14.9. The lowest BCUT2D eigenvalue weighted by atomic mass is 10.0. The van der Waals surface area contributed by atoms with Gasteiger partial charge < -0.3 is 11.1 Å². The average Bonchev–Trinajstić information content (AvgIpc) is 2.64. The van der Waals surface area contributed by atoms with Crippen LogP contribution in [0.2, 0.25) is 0 Å². The van der Waals surface area contributed by atoms with Crippen molar-refractivity contribution in [3.63, 3.8) is 0 Å². The van der Waals surface area contributed by atoms with Gasteiger partial charge in [0.15, 0.2) is 0 Å². The van der Waals surface area contributed by atoms with E-state index < -0.39 is 0 Å². The van der Waals surface area contributed by atoms with Crippen molar-refractivity contribution in [2.45, 2.75) is 39.8 Å². The summed E-state index contributed by atoms with van der Waals surface area (Å²) in [6.45, 7) is 7.66. The molecule has 5 heteroatoms. The van der Waals surface area contributed by atoms with E-state index >= 15 is 0 Å². The molecule has 5 nitrogen and oxygen atoms in total. The summed E-state index contributed by atoms with van der Waals surface area (Å²) in [5, 5.41) is 6.98. The number of anilines is 1. The third-order valence-corrected chi connectivity index (χ3v) is 2.61. The Kier molecular flexibility index (Phi) is 4.06. The molecule has 1 rings (SSSR count). The van der Waals surface area contributed by atoms with Crippen LogP contribution in [0, 0.1) is 5.92 Å². The van der Waals surface area contributed by atoms with Gasteiger partial charge in [0.1, 0.15) is 5.82 Å². The molecule has 0 aliphatic rings. The van der Waals surface area contributed by atoms with Crippen LogP contribution in [0.4, 0.5) is 5.82 Å². The van der Waals surface area contributed by atoms with Crippen molar-refractivity contribution in [2.24, 2.45) is 11.7 Å². The molecule has 0 radical (unpaired) electrons. The number of amides is 1. The molecule has 2 atom stereocenters. The van der Waals surface area contributed by atoms with Crippen molar-refractivity contribution >= 4 is 11.7 Å². The monoisotopic (exact) mass is 224 g/mol. The summed E-state index contributed by atoms with van der Waals surface area (Å²) < 4.78 is 1.77. The zero-order valence-electron chi connectivity index (χ0n) is 10.3. The second kappa shape index (κ2) is 5.12. The van der Waals surface area contributed by atoms with Crippen LogP contribution in [-0.2, 0) is 4.79 Å². The lowest BCUT2D eigenvalue weighted by Gasteiger charge is -2.17. The number of hydrogen-bond donors (Lipinski definition) is 2. The van der Waals surface area contributed by atoms with Crippen LogP contribution in [0.5, 0.6) is 0 Å². The Labute approximate surface area is 96.0 Å². The Morgan fingerprint density at radius 1 is 1.44 bits per heavy atom. The molecule has 0 aliphatic heterocycles. The number of carbonyl (C=O) groups excluding carboxylic acids is 1. The summed E-state index contributed by atoms with van der Waals surface area (Å²) in [5.41, 5.74) is 5.68. The van der Waals surface area contributed by atoms with E-state index in [1.165, 1.54) is 0 Å². The lowest BCUT2D eigenvalue weighted by Crippen LogP contribution is -2.34. The van der Waals surface area contributed by atoms with Gasteiger partial charge in [0, 0.05) is 18.2 Å². The van der Waals surface area contributed by atoms with Gasteiger partial charge in [0.25, 0.3) is 0 Å². The first-order chi connectivity index (χ1) is 7.43. The van der Waals surface area contributed by atoms with Crippen LogP contribution in [-0.4, -0.2) is 21.7 Å². The van der Waals surface area contributed by atoms with Crippen LogP contribution in [0.1, 0.15) is 33.7 Å². The molecule has 1 heterocycles. The molecule has 0 fully saturated rings. The van der Waals surface area contributed by atoms with Gasteiger partial charge in [0.2, 0.25) is 5.91 Å². The minimum atomic E-state index is -0.212. The predicted octanol–water partition coefficient (Wildman–Crippen LogP) is 1.39. The van der Waals surface area contributed by atoms with Gasteiger partial charge in [-0.25, -0.2) is 4.68 Å². The molecule has 0 saturated carbocycles. The van der Waals surface area contributed by atoms with Crippen molar-refractivity contribution in [3.8, 4) is 0 Å². The number of aromatic nitrogens is 2. The van der Waals surface area contributed by atoms with Gasteiger partial charge in [-0.3, -0.25) is 4.79 Å². The van der Waals surface area contributed by atoms with Crippen molar-refractivity contribution in [2.75, 3.05) is 5.32 Å². The molecule has 3 N–H and O–H groups in total. The van der Waals surface area contributed by atoms with E-state index in [0.717, 1.165) is 0 Å². The number of nitrogens with two attached hydrogens (primary N) is 1. The number of carbonyl (C=O) groups is 1. The maximum atomic E-state index is 11.8. The smallest absolute Gasteiger partial charge is 0.229 e. The fourth-order valence-electron chi connectivity index (χ4n) is 1.30. The van der Waals surface area contributed by atoms with Crippen LogP contribution in [0.25, 0.3) is 0 Å². The third-order valence-electron chi connectivity index (χ3n) is 2.61. The zero-order chi connectivity index (χ0) is 12.3. The summed E-state index contributed by atoms with van der Waals surface area (Å²) in [7, 11) is 0. The Morgan fingerprint density at radius 2 is 2.06 bits per heavy atom. The predicted molar refractivity (Wildman–Crippen MR) is 64.1 cm³/mol. The zero-order valence-corrected chi connectivity index (χ0v) is 10.3. The van der Waals surface area contributed by atoms with E-state index in [9.17, 15) is 4.79 Å². The molecule has 0 aliphatic carbocycles. The van der Waals surface area contributed by atoms with Crippen molar-refractivity contribution in [3.05, 3.63) is 12.3 Å². The molecule has 16 heavy (non-hydrogen) atoms. The lowest BCUT2D eigenvalue weighted by molar-refractivity contribution is -0.119. The fraction of sp³-hybridized carbons (Fsp3) is 0.636. The van der Waals surface area contributed by atoms with E-state index in [2.05, 4.69) is 10.4 Å². The van der Waals surface area contributed by atoms with Crippen molar-refractivity contribution < 1.29 is 4.79 Å². The molecular weight excluding hydrogens is 204 g/mol. The van der Waals surface area contributed by atoms with E-state index in [4.69, 9.17) is 5.73 Å². The Balaban J connectivity index is 2.73. The van der Waals surface area contributed by atoms with Crippen molar-refractivity contribution in [1.82, 2.24) is 9.78 Å². The van der Waals surface area contributed by atoms with E-state index in [1.54, 1.807) is 16.9 Å². The summed E-state index contributed by atoms with van der Waals surface area (Å²) >= 11 is 0. The number of nitrogens with one attached hydrogen (secondary N) is 1. The van der Waals surface area contributed by atoms with Crippen LogP contribution >= 0.6 is 0 Å². The highest BCUT2D eigenvalue weighted by atomic mass is 16.2. The SMILES string of the molecule is CC(N)C(C)C(=O)Nc1ccnn1C(C)C. The third kappa shape index (κ3) is 2.82. The van der Waals surface area contributed by atoms with E-state index in [0.29, 0.717) is 5.82 Å². The minimum Gasteiger partial charge on any atom is -0.327 e.